The van der Waals surface area contributed by atoms with Crippen LogP contribution in [0.4, 0.5) is 36.4 Å². The lowest BCUT2D eigenvalue weighted by Crippen LogP contribution is -2.62. The molecule has 1 heterocycles. The zero-order valence-corrected chi connectivity index (χ0v) is 20.4. The zero-order valence-electron chi connectivity index (χ0n) is 19.6. The first-order valence-corrected chi connectivity index (χ1v) is 11.6. The van der Waals surface area contributed by atoms with E-state index in [1.165, 1.54) is 18.2 Å². The first-order chi connectivity index (χ1) is 17.8. The lowest BCUT2D eigenvalue weighted by molar-refractivity contribution is -0.338. The van der Waals surface area contributed by atoms with Crippen molar-refractivity contribution in [3.63, 3.8) is 0 Å². The Kier molecular flexibility index (Phi) is 7.37. The summed E-state index contributed by atoms with van der Waals surface area (Å²) in [6, 6.07) is 15.2. The minimum absolute atomic E-state index is 0.0353. The molecule has 0 radical (unpaired) electrons. The van der Waals surface area contributed by atoms with Gasteiger partial charge in [0.15, 0.2) is 0 Å². The highest BCUT2D eigenvalue weighted by Gasteiger charge is 2.74. The molecule has 1 N–H and O–H groups in total. The summed E-state index contributed by atoms with van der Waals surface area (Å²) in [5.74, 6) is -0.398. The maximum Gasteiger partial charge on any atom is 0.431 e. The third kappa shape index (κ3) is 5.04. The zero-order chi connectivity index (χ0) is 27.9. The second kappa shape index (κ2) is 10.1. The van der Waals surface area contributed by atoms with Crippen LogP contribution in [-0.4, -0.2) is 35.4 Å². The quantitative estimate of drug-likeness (QED) is 0.314. The van der Waals surface area contributed by atoms with Crippen molar-refractivity contribution in [2.24, 2.45) is 5.10 Å². The molecule has 202 valence electrons. The van der Waals surface area contributed by atoms with Crippen LogP contribution in [0.3, 0.4) is 0 Å². The van der Waals surface area contributed by atoms with E-state index in [4.69, 9.17) is 16.3 Å². The Balaban J connectivity index is 1.77. The molecule has 1 aliphatic rings. The Labute approximate surface area is 217 Å². The summed E-state index contributed by atoms with van der Waals surface area (Å²) < 4.78 is 102. The van der Waals surface area contributed by atoms with Gasteiger partial charge in [-0.25, -0.2) is 4.39 Å². The Bertz CT molecular complexity index is 1330. The number of ether oxygens (including phenoxy) is 1. The summed E-state index contributed by atoms with van der Waals surface area (Å²) >= 11 is 5.76. The van der Waals surface area contributed by atoms with Gasteiger partial charge in [-0.05, 0) is 53.9 Å². The van der Waals surface area contributed by atoms with Gasteiger partial charge in [0, 0.05) is 11.4 Å². The van der Waals surface area contributed by atoms with Gasteiger partial charge in [-0.3, -0.25) is 5.01 Å². The van der Waals surface area contributed by atoms with Gasteiger partial charge in [0.25, 0.3) is 5.60 Å². The summed E-state index contributed by atoms with van der Waals surface area (Å²) in [7, 11) is 0. The Morgan fingerprint density at radius 2 is 1.61 bits per heavy atom. The lowest BCUT2D eigenvalue weighted by Gasteiger charge is -2.32. The predicted octanol–water partition coefficient (Wildman–Crippen LogP) is 7.71. The summed E-state index contributed by atoms with van der Waals surface area (Å²) in [4.78, 5) is 0. The molecule has 3 aromatic carbocycles. The van der Waals surface area contributed by atoms with Gasteiger partial charge in [0.05, 0.1) is 24.0 Å². The fourth-order valence-corrected chi connectivity index (χ4v) is 4.35. The first kappa shape index (κ1) is 27.7. The number of halogens is 8. The molecule has 1 atom stereocenters. The molecule has 12 heteroatoms. The maximum atomic E-state index is 14.8. The van der Waals surface area contributed by atoms with Crippen molar-refractivity contribution >= 4 is 23.0 Å². The van der Waals surface area contributed by atoms with E-state index in [9.17, 15) is 35.8 Å². The van der Waals surface area contributed by atoms with Gasteiger partial charge in [0.2, 0.25) is 0 Å². The molecule has 4 rings (SSSR count). The fraction of sp³-hybridized carbons (Fsp3) is 0.269. The molecular formula is C26H20ClF7N2O2. The van der Waals surface area contributed by atoms with Crippen molar-refractivity contribution < 1.29 is 40.6 Å². The number of hydrazone groups is 1. The average Bonchev–Trinajstić information content (AvgIpc) is 3.28. The van der Waals surface area contributed by atoms with E-state index in [0.717, 1.165) is 17.7 Å². The number of hydrogen-bond donors (Lipinski definition) is 1. The van der Waals surface area contributed by atoms with Crippen LogP contribution in [0.5, 0.6) is 5.75 Å². The Morgan fingerprint density at radius 3 is 2.18 bits per heavy atom. The second-order valence-corrected chi connectivity index (χ2v) is 8.93. The topological polar surface area (TPSA) is 45.1 Å². The SMILES string of the molecule is CCOc1cccc(-c2ccc(C3CC(C(O)(C(F)(F)F)C(F)(F)F)=NN3c3ccc(Cl)cc3F)cc2)c1. The minimum atomic E-state index is -6.13. The van der Waals surface area contributed by atoms with Crippen molar-refractivity contribution in [1.29, 1.82) is 0 Å². The normalized spacial score (nSPS) is 16.5. The molecule has 3 aromatic rings. The van der Waals surface area contributed by atoms with Crippen LogP contribution in [0.1, 0.15) is 24.9 Å². The maximum absolute atomic E-state index is 14.8. The van der Waals surface area contributed by atoms with Crippen molar-refractivity contribution in [1.82, 2.24) is 0 Å². The van der Waals surface area contributed by atoms with E-state index >= 15 is 0 Å². The highest BCUT2D eigenvalue weighted by Crippen LogP contribution is 2.49. The van der Waals surface area contributed by atoms with E-state index in [1.54, 1.807) is 36.4 Å². The van der Waals surface area contributed by atoms with E-state index in [1.807, 2.05) is 6.92 Å². The molecular weight excluding hydrogens is 541 g/mol. The molecule has 0 saturated heterocycles. The molecule has 0 amide bonds. The molecule has 0 aromatic heterocycles. The summed E-state index contributed by atoms with van der Waals surface area (Å²) in [6.45, 7) is 2.28. The third-order valence-electron chi connectivity index (χ3n) is 6.08. The van der Waals surface area contributed by atoms with Crippen LogP contribution in [0, 0.1) is 5.82 Å². The van der Waals surface area contributed by atoms with Gasteiger partial charge < -0.3 is 9.84 Å². The predicted molar refractivity (Wildman–Crippen MR) is 129 cm³/mol. The van der Waals surface area contributed by atoms with Crippen molar-refractivity contribution in [3.8, 4) is 16.9 Å². The lowest BCUT2D eigenvalue weighted by atomic mass is 9.89. The van der Waals surface area contributed by atoms with Gasteiger partial charge >= 0.3 is 12.4 Å². The summed E-state index contributed by atoms with van der Waals surface area (Å²) in [6.07, 6.45) is -13.2. The van der Waals surface area contributed by atoms with Gasteiger partial charge in [-0.1, -0.05) is 48.0 Å². The molecule has 0 bridgehead atoms. The van der Waals surface area contributed by atoms with Crippen LogP contribution >= 0.6 is 11.6 Å². The van der Waals surface area contributed by atoms with Crippen molar-refractivity contribution in [2.75, 3.05) is 11.6 Å². The standard InChI is InChI=1S/C26H20ClF7N2O2/c1-2-38-19-5-3-4-17(12-19)15-6-8-16(9-7-15)22-14-23(24(37,25(29,30)31)26(32,33)34)35-36(22)21-11-10-18(27)13-20(21)28/h3-13,22,37H,2,14H2,1H3. The van der Waals surface area contributed by atoms with Crippen LogP contribution in [-0.2, 0) is 0 Å². The molecule has 1 unspecified atom stereocenters. The largest absolute Gasteiger partial charge is 0.494 e. The summed E-state index contributed by atoms with van der Waals surface area (Å²) in [5.41, 5.74) is -5.54. The van der Waals surface area contributed by atoms with Crippen molar-refractivity contribution in [3.05, 3.63) is 83.1 Å². The molecule has 0 fully saturated rings. The smallest absolute Gasteiger partial charge is 0.431 e. The van der Waals surface area contributed by atoms with Crippen LogP contribution in [0.15, 0.2) is 71.8 Å². The van der Waals surface area contributed by atoms with Gasteiger partial charge in [0.1, 0.15) is 11.6 Å². The monoisotopic (exact) mass is 560 g/mol. The van der Waals surface area contributed by atoms with Gasteiger partial charge in [-0.2, -0.15) is 31.4 Å². The van der Waals surface area contributed by atoms with Crippen LogP contribution in [0.2, 0.25) is 5.02 Å². The third-order valence-corrected chi connectivity index (χ3v) is 6.31. The minimum Gasteiger partial charge on any atom is -0.494 e. The number of alkyl halides is 6. The molecule has 0 aliphatic carbocycles. The second-order valence-electron chi connectivity index (χ2n) is 8.50. The highest BCUT2D eigenvalue weighted by atomic mass is 35.5. The first-order valence-electron chi connectivity index (χ1n) is 11.3. The number of hydrogen-bond acceptors (Lipinski definition) is 4. The number of aliphatic hydroxyl groups is 1. The summed E-state index contributed by atoms with van der Waals surface area (Å²) in [5, 5.41) is 14.1. The number of nitrogens with zero attached hydrogens (tertiary/aromatic N) is 2. The Hall–Kier alpha value is -3.31. The van der Waals surface area contributed by atoms with Gasteiger partial charge in [-0.15, -0.1) is 0 Å². The van der Waals surface area contributed by atoms with Crippen molar-refractivity contribution in [2.45, 2.75) is 37.3 Å². The van der Waals surface area contributed by atoms with Crippen LogP contribution < -0.4 is 9.75 Å². The highest BCUT2D eigenvalue weighted by molar-refractivity contribution is 6.30. The van der Waals surface area contributed by atoms with E-state index in [2.05, 4.69) is 5.10 Å². The molecule has 0 saturated carbocycles. The van der Waals surface area contributed by atoms with E-state index in [-0.39, 0.29) is 10.6 Å². The number of anilines is 1. The van der Waals surface area contributed by atoms with Crippen LogP contribution in [0.25, 0.3) is 11.1 Å². The Morgan fingerprint density at radius 1 is 0.947 bits per heavy atom. The molecule has 0 spiro atoms. The molecule has 4 nitrogen and oxygen atoms in total. The average molecular weight is 561 g/mol. The fourth-order valence-electron chi connectivity index (χ4n) is 4.20. The number of rotatable bonds is 6. The van der Waals surface area contributed by atoms with E-state index < -0.39 is 47.6 Å². The molecule has 38 heavy (non-hydrogen) atoms. The molecule has 1 aliphatic heterocycles. The van der Waals surface area contributed by atoms with E-state index in [0.29, 0.717) is 22.9 Å². The number of benzene rings is 3.